The highest BCUT2D eigenvalue weighted by atomic mass is 16.3. The molecular formula is C13H15NO3. The summed E-state index contributed by atoms with van der Waals surface area (Å²) in [6, 6.07) is 7.16. The van der Waals surface area contributed by atoms with Crippen LogP contribution in [-0.4, -0.2) is 23.7 Å². The van der Waals surface area contributed by atoms with Gasteiger partial charge in [-0.1, -0.05) is 25.1 Å². The van der Waals surface area contributed by atoms with E-state index in [1.54, 1.807) is 0 Å². The van der Waals surface area contributed by atoms with Gasteiger partial charge in [-0.25, -0.2) is 0 Å². The number of rotatable bonds is 4. The molecule has 0 spiro atoms. The molecule has 4 heteroatoms. The normalized spacial score (nSPS) is 12.6. The van der Waals surface area contributed by atoms with Gasteiger partial charge in [-0.3, -0.25) is 4.79 Å². The maximum absolute atomic E-state index is 12.0. The smallest absolute Gasteiger partial charge is 0.255 e. The fourth-order valence-electron chi connectivity index (χ4n) is 1.69. The van der Waals surface area contributed by atoms with Crippen LogP contribution in [0.25, 0.3) is 11.0 Å². The van der Waals surface area contributed by atoms with E-state index in [9.17, 15) is 4.79 Å². The van der Waals surface area contributed by atoms with Crippen molar-refractivity contribution in [2.24, 2.45) is 0 Å². The molecule has 0 aliphatic rings. The highest BCUT2D eigenvalue weighted by Crippen LogP contribution is 2.20. The number of hydrogen-bond acceptors (Lipinski definition) is 3. The summed E-state index contributed by atoms with van der Waals surface area (Å²) in [5.74, 6) is -0.212. The summed E-state index contributed by atoms with van der Waals surface area (Å²) in [6.45, 7) is 1.85. The molecule has 17 heavy (non-hydrogen) atoms. The van der Waals surface area contributed by atoms with Crippen molar-refractivity contribution in [2.45, 2.75) is 19.4 Å². The van der Waals surface area contributed by atoms with Gasteiger partial charge in [0.1, 0.15) is 11.8 Å². The van der Waals surface area contributed by atoms with E-state index in [2.05, 4.69) is 5.32 Å². The Morgan fingerprint density at radius 1 is 1.47 bits per heavy atom. The maximum atomic E-state index is 12.0. The second-order valence-corrected chi connectivity index (χ2v) is 3.91. The van der Waals surface area contributed by atoms with Gasteiger partial charge in [0.25, 0.3) is 5.91 Å². The summed E-state index contributed by atoms with van der Waals surface area (Å²) >= 11 is 0. The topological polar surface area (TPSA) is 62.5 Å². The van der Waals surface area contributed by atoms with Crippen molar-refractivity contribution < 1.29 is 14.3 Å². The van der Waals surface area contributed by atoms with Gasteiger partial charge >= 0.3 is 0 Å². The van der Waals surface area contributed by atoms with Crippen LogP contribution in [0.5, 0.6) is 0 Å². The minimum atomic E-state index is -0.212. The van der Waals surface area contributed by atoms with E-state index in [1.165, 1.54) is 6.26 Å². The zero-order chi connectivity index (χ0) is 12.3. The Morgan fingerprint density at radius 2 is 2.24 bits per heavy atom. The molecule has 1 unspecified atom stereocenters. The SMILES string of the molecule is CCC(CO)NC(=O)c1coc2ccccc12. The van der Waals surface area contributed by atoms with E-state index in [-0.39, 0.29) is 18.6 Å². The molecule has 0 radical (unpaired) electrons. The molecule has 90 valence electrons. The molecule has 1 amide bonds. The van der Waals surface area contributed by atoms with Crippen molar-refractivity contribution in [2.75, 3.05) is 6.61 Å². The van der Waals surface area contributed by atoms with Crippen LogP contribution in [0.4, 0.5) is 0 Å². The van der Waals surface area contributed by atoms with Gasteiger partial charge in [0, 0.05) is 5.39 Å². The lowest BCUT2D eigenvalue weighted by Gasteiger charge is -2.12. The predicted octanol–water partition coefficient (Wildman–Crippen LogP) is 1.93. The molecule has 1 heterocycles. The Hall–Kier alpha value is -1.81. The second-order valence-electron chi connectivity index (χ2n) is 3.91. The number of furan rings is 1. The van der Waals surface area contributed by atoms with E-state index in [0.29, 0.717) is 17.6 Å². The first-order valence-electron chi connectivity index (χ1n) is 5.64. The van der Waals surface area contributed by atoms with E-state index in [1.807, 2.05) is 31.2 Å². The molecule has 1 aromatic heterocycles. The molecule has 1 aromatic carbocycles. The molecular weight excluding hydrogens is 218 g/mol. The van der Waals surface area contributed by atoms with Crippen LogP contribution in [0.2, 0.25) is 0 Å². The van der Waals surface area contributed by atoms with Gasteiger partial charge < -0.3 is 14.8 Å². The van der Waals surface area contributed by atoms with E-state index >= 15 is 0 Å². The largest absolute Gasteiger partial charge is 0.463 e. The van der Waals surface area contributed by atoms with Gasteiger partial charge in [-0.05, 0) is 12.5 Å². The number of para-hydroxylation sites is 1. The minimum Gasteiger partial charge on any atom is -0.463 e. The molecule has 2 N–H and O–H groups in total. The summed E-state index contributed by atoms with van der Waals surface area (Å²) in [5, 5.41) is 12.6. The Bertz CT molecular complexity index is 514. The summed E-state index contributed by atoms with van der Waals surface area (Å²) in [5.41, 5.74) is 1.20. The number of fused-ring (bicyclic) bond motifs is 1. The quantitative estimate of drug-likeness (QED) is 0.848. The van der Waals surface area contributed by atoms with Crippen molar-refractivity contribution in [1.29, 1.82) is 0 Å². The number of carbonyl (C=O) groups is 1. The van der Waals surface area contributed by atoms with Gasteiger partial charge in [0.05, 0.1) is 18.2 Å². The third-order valence-corrected chi connectivity index (χ3v) is 2.77. The van der Waals surface area contributed by atoms with Crippen LogP contribution < -0.4 is 5.32 Å². The Balaban J connectivity index is 2.25. The minimum absolute atomic E-state index is 0.0575. The number of nitrogens with one attached hydrogen (secondary N) is 1. The lowest BCUT2D eigenvalue weighted by molar-refractivity contribution is 0.0916. The monoisotopic (exact) mass is 233 g/mol. The second kappa shape index (κ2) is 5.01. The molecule has 0 saturated heterocycles. The number of carbonyl (C=O) groups excluding carboxylic acids is 1. The Morgan fingerprint density at radius 3 is 2.94 bits per heavy atom. The van der Waals surface area contributed by atoms with Crippen molar-refractivity contribution >= 4 is 16.9 Å². The van der Waals surface area contributed by atoms with E-state index in [0.717, 1.165) is 5.39 Å². The van der Waals surface area contributed by atoms with Crippen LogP contribution in [0.15, 0.2) is 34.9 Å². The summed E-state index contributed by atoms with van der Waals surface area (Å²) in [6.07, 6.45) is 2.14. The molecule has 0 aliphatic carbocycles. The predicted molar refractivity (Wildman–Crippen MR) is 64.8 cm³/mol. The van der Waals surface area contributed by atoms with E-state index in [4.69, 9.17) is 9.52 Å². The molecule has 2 aromatic rings. The number of aliphatic hydroxyl groups is 1. The van der Waals surface area contributed by atoms with Crippen LogP contribution in [0.1, 0.15) is 23.7 Å². The fourth-order valence-corrected chi connectivity index (χ4v) is 1.69. The third-order valence-electron chi connectivity index (χ3n) is 2.77. The van der Waals surface area contributed by atoms with Crippen molar-refractivity contribution in [3.8, 4) is 0 Å². The molecule has 2 rings (SSSR count). The number of benzene rings is 1. The van der Waals surface area contributed by atoms with Crippen molar-refractivity contribution in [3.63, 3.8) is 0 Å². The molecule has 0 fully saturated rings. The Kier molecular flexibility index (Phi) is 3.44. The standard InChI is InChI=1S/C13H15NO3/c1-2-9(7-15)14-13(16)11-8-17-12-6-4-3-5-10(11)12/h3-6,8-9,15H,2,7H2,1H3,(H,14,16). The fraction of sp³-hybridized carbons (Fsp3) is 0.308. The number of aliphatic hydroxyl groups excluding tert-OH is 1. The zero-order valence-electron chi connectivity index (χ0n) is 9.64. The number of hydrogen-bond donors (Lipinski definition) is 2. The molecule has 0 saturated carbocycles. The number of amides is 1. The highest BCUT2D eigenvalue weighted by Gasteiger charge is 2.15. The maximum Gasteiger partial charge on any atom is 0.255 e. The molecule has 0 aliphatic heterocycles. The summed E-state index contributed by atoms with van der Waals surface area (Å²) in [7, 11) is 0. The average molecular weight is 233 g/mol. The summed E-state index contributed by atoms with van der Waals surface area (Å²) in [4.78, 5) is 12.0. The van der Waals surface area contributed by atoms with E-state index < -0.39 is 0 Å². The lowest BCUT2D eigenvalue weighted by atomic mass is 10.1. The van der Waals surface area contributed by atoms with Crippen LogP contribution >= 0.6 is 0 Å². The van der Waals surface area contributed by atoms with Gasteiger partial charge in [0.15, 0.2) is 0 Å². The Labute approximate surface area is 99.2 Å². The van der Waals surface area contributed by atoms with Gasteiger partial charge in [-0.15, -0.1) is 0 Å². The van der Waals surface area contributed by atoms with Gasteiger partial charge in [-0.2, -0.15) is 0 Å². The molecule has 1 atom stereocenters. The van der Waals surface area contributed by atoms with Crippen LogP contribution in [0, 0.1) is 0 Å². The first-order chi connectivity index (χ1) is 8.26. The van der Waals surface area contributed by atoms with Crippen LogP contribution in [-0.2, 0) is 0 Å². The summed E-state index contributed by atoms with van der Waals surface area (Å²) < 4.78 is 5.30. The van der Waals surface area contributed by atoms with Crippen molar-refractivity contribution in [3.05, 3.63) is 36.1 Å². The molecule has 0 bridgehead atoms. The van der Waals surface area contributed by atoms with Gasteiger partial charge in [0.2, 0.25) is 0 Å². The van der Waals surface area contributed by atoms with Crippen molar-refractivity contribution in [1.82, 2.24) is 5.32 Å². The zero-order valence-corrected chi connectivity index (χ0v) is 9.64. The van der Waals surface area contributed by atoms with Crippen LogP contribution in [0.3, 0.4) is 0 Å². The highest BCUT2D eigenvalue weighted by molar-refractivity contribution is 6.05. The first kappa shape index (κ1) is 11.7. The average Bonchev–Trinajstić information content (AvgIpc) is 2.79. The molecule has 4 nitrogen and oxygen atoms in total. The first-order valence-corrected chi connectivity index (χ1v) is 5.64. The lowest BCUT2D eigenvalue weighted by Crippen LogP contribution is -2.36. The third kappa shape index (κ3) is 2.31.